The van der Waals surface area contributed by atoms with Crippen LogP contribution in [0.15, 0.2) is 18.6 Å². The van der Waals surface area contributed by atoms with Gasteiger partial charge in [-0.2, -0.15) is 0 Å². The van der Waals surface area contributed by atoms with E-state index in [9.17, 15) is 0 Å². The summed E-state index contributed by atoms with van der Waals surface area (Å²) in [6.07, 6.45) is 5.78. The first-order valence-corrected chi connectivity index (χ1v) is 4.68. The van der Waals surface area contributed by atoms with Crippen LogP contribution in [0.4, 0.5) is 5.82 Å². The van der Waals surface area contributed by atoms with Crippen LogP contribution in [0, 0.1) is 0 Å². The highest BCUT2D eigenvalue weighted by atomic mass is 15.1. The van der Waals surface area contributed by atoms with Crippen LogP contribution in [-0.4, -0.2) is 29.1 Å². The van der Waals surface area contributed by atoms with Crippen LogP contribution >= 0.6 is 0 Å². The molecule has 1 fully saturated rings. The summed E-state index contributed by atoms with van der Waals surface area (Å²) in [5.74, 6) is 0.920. The van der Waals surface area contributed by atoms with Crippen molar-refractivity contribution in [2.24, 2.45) is 0 Å². The lowest BCUT2D eigenvalue weighted by atomic mass is 10.1. The lowest BCUT2D eigenvalue weighted by Gasteiger charge is -2.23. The quantitative estimate of drug-likeness (QED) is 0.697. The highest BCUT2D eigenvalue weighted by Gasteiger charge is 2.12. The van der Waals surface area contributed by atoms with Crippen LogP contribution in [0.3, 0.4) is 0 Å². The van der Waals surface area contributed by atoms with Crippen LogP contribution in [0.1, 0.15) is 12.8 Å². The number of hydrogen-bond donors (Lipinski definition) is 2. The van der Waals surface area contributed by atoms with Gasteiger partial charge in [0.2, 0.25) is 0 Å². The number of hydrogen-bond acceptors (Lipinski definition) is 4. The second-order valence-corrected chi connectivity index (χ2v) is 3.28. The van der Waals surface area contributed by atoms with Gasteiger partial charge in [-0.15, -0.1) is 0 Å². The van der Waals surface area contributed by atoms with E-state index in [1.54, 1.807) is 12.5 Å². The van der Waals surface area contributed by atoms with Crippen molar-refractivity contribution in [3.05, 3.63) is 18.6 Å². The van der Waals surface area contributed by atoms with Crippen molar-refractivity contribution in [3.8, 4) is 0 Å². The predicted octanol–water partition coefficient (Wildman–Crippen LogP) is 0.640. The molecule has 1 aliphatic heterocycles. The maximum absolute atomic E-state index is 4.12. The van der Waals surface area contributed by atoms with E-state index in [1.165, 1.54) is 12.8 Å². The first-order chi connectivity index (χ1) is 6.45. The van der Waals surface area contributed by atoms with Crippen LogP contribution in [0.25, 0.3) is 0 Å². The van der Waals surface area contributed by atoms with Crippen molar-refractivity contribution in [2.75, 3.05) is 18.4 Å². The van der Waals surface area contributed by atoms with Gasteiger partial charge in [0.1, 0.15) is 12.1 Å². The number of piperidine rings is 1. The third-order valence-electron chi connectivity index (χ3n) is 2.23. The molecule has 0 unspecified atom stereocenters. The number of nitrogens with zero attached hydrogens (tertiary/aromatic N) is 2. The molecule has 0 spiro atoms. The van der Waals surface area contributed by atoms with Crippen molar-refractivity contribution in [1.29, 1.82) is 0 Å². The van der Waals surface area contributed by atoms with E-state index in [2.05, 4.69) is 20.6 Å². The standard InChI is InChI=1S/C9H14N4/c1-2-8(6-10-4-1)13-9-3-5-11-7-12-9/h3,5,7-8,10H,1-2,4,6H2,(H,11,12,13)/t8-/m0/s1. The van der Waals surface area contributed by atoms with E-state index in [0.717, 1.165) is 18.9 Å². The van der Waals surface area contributed by atoms with Crippen LogP contribution < -0.4 is 10.6 Å². The van der Waals surface area contributed by atoms with Gasteiger partial charge in [0, 0.05) is 18.8 Å². The van der Waals surface area contributed by atoms with Crippen molar-refractivity contribution < 1.29 is 0 Å². The molecule has 1 atom stereocenters. The second kappa shape index (κ2) is 4.18. The molecule has 4 nitrogen and oxygen atoms in total. The zero-order valence-corrected chi connectivity index (χ0v) is 7.53. The zero-order valence-electron chi connectivity index (χ0n) is 7.53. The fraction of sp³-hybridized carbons (Fsp3) is 0.556. The van der Waals surface area contributed by atoms with Gasteiger partial charge in [0.05, 0.1) is 0 Å². The Bertz CT molecular complexity index is 243. The molecule has 13 heavy (non-hydrogen) atoms. The molecule has 70 valence electrons. The maximum Gasteiger partial charge on any atom is 0.129 e. The maximum atomic E-state index is 4.12. The van der Waals surface area contributed by atoms with Gasteiger partial charge in [0.25, 0.3) is 0 Å². The minimum Gasteiger partial charge on any atom is -0.366 e. The van der Waals surface area contributed by atoms with E-state index in [0.29, 0.717) is 6.04 Å². The molecular weight excluding hydrogens is 164 g/mol. The number of nitrogens with one attached hydrogen (secondary N) is 2. The van der Waals surface area contributed by atoms with Gasteiger partial charge >= 0.3 is 0 Å². The molecule has 0 saturated carbocycles. The molecule has 1 aliphatic rings. The summed E-state index contributed by atoms with van der Waals surface area (Å²) in [7, 11) is 0. The van der Waals surface area contributed by atoms with E-state index < -0.39 is 0 Å². The van der Waals surface area contributed by atoms with E-state index in [-0.39, 0.29) is 0 Å². The van der Waals surface area contributed by atoms with Crippen molar-refractivity contribution in [3.63, 3.8) is 0 Å². The van der Waals surface area contributed by atoms with E-state index in [1.807, 2.05) is 6.07 Å². The summed E-state index contributed by atoms with van der Waals surface area (Å²) in [4.78, 5) is 7.99. The third kappa shape index (κ3) is 2.39. The molecule has 0 amide bonds. The Balaban J connectivity index is 1.90. The third-order valence-corrected chi connectivity index (χ3v) is 2.23. The van der Waals surface area contributed by atoms with Gasteiger partial charge in [-0.3, -0.25) is 0 Å². The topological polar surface area (TPSA) is 49.8 Å². The second-order valence-electron chi connectivity index (χ2n) is 3.28. The highest BCUT2D eigenvalue weighted by Crippen LogP contribution is 2.08. The van der Waals surface area contributed by atoms with Crippen LogP contribution in [0.2, 0.25) is 0 Å². The molecule has 1 aromatic heterocycles. The molecule has 1 aromatic rings. The van der Waals surface area contributed by atoms with Crippen molar-refractivity contribution >= 4 is 5.82 Å². The molecule has 0 aromatic carbocycles. The Hall–Kier alpha value is -1.16. The summed E-state index contributed by atoms with van der Waals surface area (Å²) in [6, 6.07) is 2.41. The lowest BCUT2D eigenvalue weighted by Crippen LogP contribution is -2.38. The van der Waals surface area contributed by atoms with Gasteiger partial charge < -0.3 is 10.6 Å². The number of rotatable bonds is 2. The van der Waals surface area contributed by atoms with Crippen molar-refractivity contribution in [1.82, 2.24) is 15.3 Å². The minimum atomic E-state index is 0.517. The SMILES string of the molecule is c1cc(N[C@H]2CCCNC2)ncn1. The molecular formula is C9H14N4. The largest absolute Gasteiger partial charge is 0.366 e. The van der Waals surface area contributed by atoms with Gasteiger partial charge in [-0.1, -0.05) is 0 Å². The summed E-state index contributed by atoms with van der Waals surface area (Å²) in [6.45, 7) is 2.17. The smallest absolute Gasteiger partial charge is 0.129 e. The van der Waals surface area contributed by atoms with Crippen molar-refractivity contribution in [2.45, 2.75) is 18.9 Å². The Kier molecular flexibility index (Phi) is 2.72. The molecule has 2 N–H and O–H groups in total. The van der Waals surface area contributed by atoms with Crippen LogP contribution in [0.5, 0.6) is 0 Å². The molecule has 0 bridgehead atoms. The van der Waals surface area contributed by atoms with E-state index in [4.69, 9.17) is 0 Å². The van der Waals surface area contributed by atoms with E-state index >= 15 is 0 Å². The van der Waals surface area contributed by atoms with Gasteiger partial charge in [-0.05, 0) is 25.5 Å². The molecule has 2 heterocycles. The van der Waals surface area contributed by atoms with Crippen LogP contribution in [-0.2, 0) is 0 Å². The predicted molar refractivity (Wildman–Crippen MR) is 51.5 cm³/mol. The summed E-state index contributed by atoms with van der Waals surface area (Å²) in [5.41, 5.74) is 0. The van der Waals surface area contributed by atoms with Gasteiger partial charge in [-0.25, -0.2) is 9.97 Å². The highest BCUT2D eigenvalue weighted by molar-refractivity contribution is 5.33. The Morgan fingerprint density at radius 2 is 2.54 bits per heavy atom. The Labute approximate surface area is 77.8 Å². The molecule has 2 rings (SSSR count). The average molecular weight is 178 g/mol. The first kappa shape index (κ1) is 8.44. The fourth-order valence-corrected chi connectivity index (χ4v) is 1.56. The Morgan fingerprint density at radius 3 is 3.23 bits per heavy atom. The fourth-order valence-electron chi connectivity index (χ4n) is 1.56. The lowest BCUT2D eigenvalue weighted by molar-refractivity contribution is 0.479. The Morgan fingerprint density at radius 1 is 1.54 bits per heavy atom. The molecule has 1 saturated heterocycles. The summed E-state index contributed by atoms with van der Waals surface area (Å²) < 4.78 is 0. The summed E-state index contributed by atoms with van der Waals surface area (Å²) >= 11 is 0. The molecule has 4 heteroatoms. The average Bonchev–Trinajstić information content (AvgIpc) is 2.21. The number of aromatic nitrogens is 2. The molecule has 0 aliphatic carbocycles. The molecule has 0 radical (unpaired) electrons. The minimum absolute atomic E-state index is 0.517. The normalized spacial score (nSPS) is 22.6. The first-order valence-electron chi connectivity index (χ1n) is 4.68. The number of anilines is 1. The monoisotopic (exact) mass is 178 g/mol. The summed E-state index contributed by atoms with van der Waals surface area (Å²) in [5, 5.41) is 6.72. The zero-order chi connectivity index (χ0) is 8.93. The van der Waals surface area contributed by atoms with Gasteiger partial charge in [0.15, 0.2) is 0 Å².